The summed E-state index contributed by atoms with van der Waals surface area (Å²) in [5.74, 6) is -0.580. The molecule has 0 saturated carbocycles. The van der Waals surface area contributed by atoms with E-state index in [-0.39, 0.29) is 10.5 Å². The average molecular weight is 379 g/mol. The van der Waals surface area contributed by atoms with Crippen molar-refractivity contribution >= 4 is 37.8 Å². The zero-order chi connectivity index (χ0) is 19.2. The number of hydrogen-bond donors (Lipinski definition) is 0. The van der Waals surface area contributed by atoms with Crippen LogP contribution in [0.4, 0.5) is 0 Å². The molecule has 1 heterocycles. The Morgan fingerprint density at radius 3 is 2.26 bits per heavy atom. The summed E-state index contributed by atoms with van der Waals surface area (Å²) in [6.07, 6.45) is 0. The van der Waals surface area contributed by atoms with E-state index in [1.807, 2.05) is 25.1 Å². The number of ether oxygens (including phenoxy) is 1. The largest absolute Gasteiger partial charge is 0.465 e. The van der Waals surface area contributed by atoms with Gasteiger partial charge in [-0.25, -0.2) is 17.2 Å². The van der Waals surface area contributed by atoms with Gasteiger partial charge < -0.3 is 4.74 Å². The summed E-state index contributed by atoms with van der Waals surface area (Å²) in [7, 11) is -2.64. The SMILES string of the molecule is COC(=O)c1cccc2c3ccccc3n(S(=O)(=O)c3ccc(C)cc3)c12. The topological polar surface area (TPSA) is 65.4 Å². The van der Waals surface area contributed by atoms with Crippen LogP contribution >= 0.6 is 0 Å². The number of hydrogen-bond acceptors (Lipinski definition) is 4. The van der Waals surface area contributed by atoms with E-state index in [0.717, 1.165) is 10.9 Å². The highest BCUT2D eigenvalue weighted by atomic mass is 32.2. The number of nitrogens with zero attached hydrogens (tertiary/aromatic N) is 1. The molecule has 6 heteroatoms. The second kappa shape index (κ2) is 6.25. The summed E-state index contributed by atoms with van der Waals surface area (Å²) in [5.41, 5.74) is 2.02. The molecule has 136 valence electrons. The molecule has 0 bridgehead atoms. The van der Waals surface area contributed by atoms with Crippen molar-refractivity contribution < 1.29 is 17.9 Å². The van der Waals surface area contributed by atoms with Crippen LogP contribution in [0.15, 0.2) is 71.6 Å². The van der Waals surface area contributed by atoms with E-state index in [2.05, 4.69) is 0 Å². The maximum atomic E-state index is 13.5. The zero-order valence-electron chi connectivity index (χ0n) is 14.8. The number of benzene rings is 3. The van der Waals surface area contributed by atoms with Gasteiger partial charge in [-0.15, -0.1) is 0 Å². The molecule has 1 aromatic heterocycles. The number of aryl methyl sites for hydroxylation is 1. The first-order valence-electron chi connectivity index (χ1n) is 8.38. The van der Waals surface area contributed by atoms with Gasteiger partial charge in [-0.2, -0.15) is 0 Å². The molecule has 0 unspecified atom stereocenters. The number of rotatable bonds is 3. The van der Waals surface area contributed by atoms with Gasteiger partial charge in [-0.05, 0) is 31.2 Å². The van der Waals surface area contributed by atoms with Crippen molar-refractivity contribution in [1.82, 2.24) is 3.97 Å². The van der Waals surface area contributed by atoms with Gasteiger partial charge in [0.1, 0.15) is 0 Å². The molecule has 3 aromatic carbocycles. The molecule has 4 aromatic rings. The van der Waals surface area contributed by atoms with Gasteiger partial charge in [-0.3, -0.25) is 0 Å². The third-order valence-electron chi connectivity index (χ3n) is 4.62. The Bertz CT molecular complexity index is 1290. The predicted octanol–water partition coefficient (Wildman–Crippen LogP) is 4.13. The van der Waals surface area contributed by atoms with Crippen LogP contribution in [0.3, 0.4) is 0 Å². The lowest BCUT2D eigenvalue weighted by Gasteiger charge is -2.11. The molecular weight excluding hydrogens is 362 g/mol. The van der Waals surface area contributed by atoms with Crippen LogP contribution in [-0.4, -0.2) is 25.5 Å². The summed E-state index contributed by atoms with van der Waals surface area (Å²) < 4.78 is 33.1. The molecule has 0 spiro atoms. The predicted molar refractivity (Wildman–Crippen MR) is 105 cm³/mol. The van der Waals surface area contributed by atoms with E-state index in [9.17, 15) is 13.2 Å². The van der Waals surface area contributed by atoms with Crippen molar-refractivity contribution in [1.29, 1.82) is 0 Å². The molecule has 0 aliphatic carbocycles. The lowest BCUT2D eigenvalue weighted by molar-refractivity contribution is 0.0603. The highest BCUT2D eigenvalue weighted by molar-refractivity contribution is 7.90. The maximum absolute atomic E-state index is 13.5. The molecule has 0 fully saturated rings. The molecule has 0 radical (unpaired) electrons. The monoisotopic (exact) mass is 379 g/mol. The normalized spacial score (nSPS) is 11.8. The lowest BCUT2D eigenvalue weighted by atomic mass is 10.1. The number of carbonyl (C=O) groups excluding carboxylic acids is 1. The summed E-state index contributed by atoms with van der Waals surface area (Å²) in [5, 5.41) is 1.44. The third kappa shape index (κ3) is 2.61. The van der Waals surface area contributed by atoms with Crippen molar-refractivity contribution in [3.8, 4) is 0 Å². The summed E-state index contributed by atoms with van der Waals surface area (Å²) in [4.78, 5) is 12.5. The van der Waals surface area contributed by atoms with Crippen LogP contribution in [0.2, 0.25) is 0 Å². The van der Waals surface area contributed by atoms with E-state index in [4.69, 9.17) is 4.74 Å². The molecule has 0 saturated heterocycles. The van der Waals surface area contributed by atoms with Crippen molar-refractivity contribution in [3.63, 3.8) is 0 Å². The highest BCUT2D eigenvalue weighted by Crippen LogP contribution is 2.34. The Balaban J connectivity index is 2.18. The summed E-state index contributed by atoms with van der Waals surface area (Å²) >= 11 is 0. The third-order valence-corrected chi connectivity index (χ3v) is 6.34. The van der Waals surface area contributed by atoms with E-state index < -0.39 is 16.0 Å². The minimum atomic E-state index is -3.92. The van der Waals surface area contributed by atoms with E-state index in [1.165, 1.54) is 11.1 Å². The van der Waals surface area contributed by atoms with Gasteiger partial charge in [0.05, 0.1) is 28.6 Å². The number of esters is 1. The fourth-order valence-electron chi connectivity index (χ4n) is 3.32. The Morgan fingerprint density at radius 2 is 1.56 bits per heavy atom. The van der Waals surface area contributed by atoms with Crippen molar-refractivity contribution in [2.24, 2.45) is 0 Å². The summed E-state index contributed by atoms with van der Waals surface area (Å²) in [6.45, 7) is 1.90. The van der Waals surface area contributed by atoms with Crippen molar-refractivity contribution in [3.05, 3.63) is 77.9 Å². The lowest BCUT2D eigenvalue weighted by Crippen LogP contribution is -2.15. The highest BCUT2D eigenvalue weighted by Gasteiger charge is 2.26. The number of fused-ring (bicyclic) bond motifs is 3. The minimum Gasteiger partial charge on any atom is -0.465 e. The Labute approximate surface area is 156 Å². The zero-order valence-corrected chi connectivity index (χ0v) is 15.7. The number of methoxy groups -OCH3 is 1. The molecular formula is C21H17NO4S. The van der Waals surface area contributed by atoms with Crippen LogP contribution in [0.25, 0.3) is 21.8 Å². The Kier molecular flexibility index (Phi) is 4.00. The first-order valence-corrected chi connectivity index (χ1v) is 9.82. The van der Waals surface area contributed by atoms with Crippen LogP contribution in [0.1, 0.15) is 15.9 Å². The standard InChI is InChI=1S/C21H17NO4S/c1-14-10-12-15(13-11-14)27(24,25)22-19-9-4-3-6-16(19)17-7-5-8-18(20(17)22)21(23)26-2/h3-13H,1-2H3. The molecule has 0 N–H and O–H groups in total. The second-order valence-electron chi connectivity index (χ2n) is 6.29. The van der Waals surface area contributed by atoms with Crippen LogP contribution in [0.5, 0.6) is 0 Å². The molecule has 27 heavy (non-hydrogen) atoms. The van der Waals surface area contributed by atoms with Crippen molar-refractivity contribution in [2.75, 3.05) is 7.11 Å². The first kappa shape index (κ1) is 17.3. The molecule has 0 atom stereocenters. The van der Waals surface area contributed by atoms with Crippen molar-refractivity contribution in [2.45, 2.75) is 11.8 Å². The molecule has 0 aliphatic rings. The van der Waals surface area contributed by atoms with Gasteiger partial charge in [0.15, 0.2) is 0 Å². The fraction of sp³-hybridized carbons (Fsp3) is 0.0952. The van der Waals surface area contributed by atoms with Gasteiger partial charge in [0.25, 0.3) is 10.0 Å². The summed E-state index contributed by atoms with van der Waals surface area (Å²) in [6, 6.07) is 19.0. The number of carbonyl (C=O) groups is 1. The second-order valence-corrected chi connectivity index (χ2v) is 8.08. The minimum absolute atomic E-state index is 0.162. The van der Waals surface area contributed by atoms with Crippen LogP contribution in [-0.2, 0) is 14.8 Å². The molecule has 0 amide bonds. The van der Waals surface area contributed by atoms with Crippen LogP contribution in [0, 0.1) is 6.92 Å². The van der Waals surface area contributed by atoms with E-state index in [1.54, 1.807) is 48.5 Å². The Morgan fingerprint density at radius 1 is 0.889 bits per heavy atom. The average Bonchev–Trinajstić information content (AvgIpc) is 3.03. The number of para-hydroxylation sites is 2. The van der Waals surface area contributed by atoms with E-state index in [0.29, 0.717) is 16.4 Å². The number of aromatic nitrogens is 1. The quantitative estimate of drug-likeness (QED) is 0.502. The first-order chi connectivity index (χ1) is 12.9. The van der Waals surface area contributed by atoms with E-state index >= 15 is 0 Å². The van der Waals surface area contributed by atoms with Crippen LogP contribution < -0.4 is 0 Å². The fourth-order valence-corrected chi connectivity index (χ4v) is 4.86. The molecule has 0 aliphatic heterocycles. The van der Waals surface area contributed by atoms with Gasteiger partial charge >= 0.3 is 5.97 Å². The molecule has 4 rings (SSSR count). The molecule has 5 nitrogen and oxygen atoms in total. The Hall–Kier alpha value is -3.12. The van der Waals surface area contributed by atoms with Gasteiger partial charge in [-0.1, -0.05) is 48.0 Å². The smallest absolute Gasteiger partial charge is 0.340 e. The van der Waals surface area contributed by atoms with Gasteiger partial charge in [0.2, 0.25) is 0 Å². The van der Waals surface area contributed by atoms with Gasteiger partial charge in [0, 0.05) is 10.8 Å². The maximum Gasteiger partial charge on any atom is 0.340 e.